The van der Waals surface area contributed by atoms with Crippen LogP contribution in [0.5, 0.6) is 0 Å². The Morgan fingerprint density at radius 1 is 1.29 bits per heavy atom. The van der Waals surface area contributed by atoms with Gasteiger partial charge in [-0.25, -0.2) is 19.8 Å². The molecule has 13 heteroatoms. The van der Waals surface area contributed by atoms with Gasteiger partial charge in [0, 0.05) is 24.4 Å². The number of carbonyl (C=O) groups is 1. The van der Waals surface area contributed by atoms with Crippen molar-refractivity contribution in [3.63, 3.8) is 0 Å². The first-order chi connectivity index (χ1) is 20.0. The van der Waals surface area contributed by atoms with Gasteiger partial charge in [0.1, 0.15) is 6.54 Å². The molecule has 5 N–H and O–H groups in total. The summed E-state index contributed by atoms with van der Waals surface area (Å²) in [7, 11) is 0. The number of hydrogen-bond acceptors (Lipinski definition) is 6. The van der Waals surface area contributed by atoms with Gasteiger partial charge in [0.15, 0.2) is 17.5 Å². The third-order valence-electron chi connectivity index (χ3n) is 6.92. The number of aromatic nitrogens is 2. The van der Waals surface area contributed by atoms with Crippen LogP contribution in [0, 0.1) is 0 Å². The second-order valence-electron chi connectivity index (χ2n) is 9.85. The van der Waals surface area contributed by atoms with Crippen LogP contribution in [-0.2, 0) is 12.7 Å². The van der Waals surface area contributed by atoms with Gasteiger partial charge < -0.3 is 26.1 Å². The van der Waals surface area contributed by atoms with E-state index >= 15 is 0 Å². The largest absolute Gasteiger partial charge is 0.439 e. The molecule has 2 bridgehead atoms. The van der Waals surface area contributed by atoms with Crippen molar-refractivity contribution in [1.82, 2.24) is 15.3 Å². The first kappa shape index (κ1) is 28.5. The van der Waals surface area contributed by atoms with Crippen molar-refractivity contribution >= 4 is 29.1 Å². The maximum Gasteiger partial charge on any atom is 0.416 e. The van der Waals surface area contributed by atoms with Crippen LogP contribution in [0.3, 0.4) is 0 Å². The molecule has 218 valence electrons. The van der Waals surface area contributed by atoms with E-state index in [1.54, 1.807) is 42.2 Å². The number of pyridine rings is 1. The van der Waals surface area contributed by atoms with Crippen molar-refractivity contribution in [2.45, 2.75) is 32.1 Å². The fourth-order valence-corrected chi connectivity index (χ4v) is 4.95. The lowest BCUT2D eigenvalue weighted by molar-refractivity contribution is -0.137. The van der Waals surface area contributed by atoms with E-state index in [9.17, 15) is 18.0 Å². The Morgan fingerprint density at radius 2 is 2.10 bits per heavy atom. The first-order valence-electron chi connectivity index (χ1n) is 13.1. The molecule has 10 nitrogen and oxygen atoms in total. The Balaban J connectivity index is 1.43. The lowest BCUT2D eigenvalue weighted by atomic mass is 10.1. The maximum absolute atomic E-state index is 13.8. The molecule has 0 unspecified atom stereocenters. The van der Waals surface area contributed by atoms with Gasteiger partial charge in [-0.05, 0) is 55.3 Å². The van der Waals surface area contributed by atoms with E-state index in [0.29, 0.717) is 53.0 Å². The summed E-state index contributed by atoms with van der Waals surface area (Å²) in [6, 6.07) is 7.86. The van der Waals surface area contributed by atoms with E-state index in [4.69, 9.17) is 20.9 Å². The zero-order valence-corrected chi connectivity index (χ0v) is 22.7. The Morgan fingerprint density at radius 3 is 2.83 bits per heavy atom. The number of anilines is 2. The van der Waals surface area contributed by atoms with Gasteiger partial charge in [0.05, 0.1) is 29.2 Å². The molecule has 0 radical (unpaired) electrons. The number of rotatable bonds is 7. The second kappa shape index (κ2) is 11.4. The summed E-state index contributed by atoms with van der Waals surface area (Å²) < 4.78 is 45.8. The number of amides is 2. The van der Waals surface area contributed by atoms with E-state index < -0.39 is 17.8 Å². The minimum absolute atomic E-state index is 0.0814. The van der Waals surface area contributed by atoms with Gasteiger partial charge in [-0.3, -0.25) is 4.90 Å². The van der Waals surface area contributed by atoms with Crippen LogP contribution < -0.4 is 26.6 Å². The number of aliphatic imine (C=N–C) groups is 1. The summed E-state index contributed by atoms with van der Waals surface area (Å²) in [6.45, 7) is 6.98. The van der Waals surface area contributed by atoms with Crippen molar-refractivity contribution in [3.8, 4) is 11.3 Å². The molecule has 2 amide bonds. The average Bonchev–Trinajstić information content (AvgIpc) is 3.60. The smallest absolute Gasteiger partial charge is 0.416 e. The minimum Gasteiger partial charge on any atom is -0.439 e. The molecule has 1 saturated heterocycles. The molecule has 1 aromatic carbocycles. The quantitative estimate of drug-likeness (QED) is 0.208. The first-order valence-corrected chi connectivity index (χ1v) is 13.1. The number of alkyl halides is 3. The zero-order valence-electron chi connectivity index (χ0n) is 22.7. The predicted octanol–water partition coefficient (Wildman–Crippen LogP) is 4.81. The van der Waals surface area contributed by atoms with Crippen LogP contribution in [0.4, 0.5) is 29.5 Å². The summed E-state index contributed by atoms with van der Waals surface area (Å²) in [6.07, 6.45) is 2.65. The molecule has 0 saturated carbocycles. The van der Waals surface area contributed by atoms with E-state index in [2.05, 4.69) is 26.8 Å². The molecular weight excluding hydrogens is 549 g/mol. The molecule has 3 aromatic rings. The third-order valence-corrected chi connectivity index (χ3v) is 6.92. The second-order valence-corrected chi connectivity index (χ2v) is 9.85. The topological polar surface area (TPSA) is 139 Å². The van der Waals surface area contributed by atoms with Crippen LogP contribution in [0.25, 0.3) is 16.8 Å². The van der Waals surface area contributed by atoms with Crippen LogP contribution in [-0.4, -0.2) is 41.1 Å². The molecule has 4 heterocycles. The number of halogens is 3. The summed E-state index contributed by atoms with van der Waals surface area (Å²) in [4.78, 5) is 30.2. The van der Waals surface area contributed by atoms with Crippen LogP contribution in [0.15, 0.2) is 82.5 Å². The van der Waals surface area contributed by atoms with E-state index in [1.165, 1.54) is 18.3 Å². The number of carbonyl (C=O) groups excluding carboxylic acids is 1. The van der Waals surface area contributed by atoms with Crippen molar-refractivity contribution in [3.05, 3.63) is 90.3 Å². The highest BCUT2D eigenvalue weighted by Gasteiger charge is 2.40. The van der Waals surface area contributed by atoms with Crippen molar-refractivity contribution in [2.75, 3.05) is 22.9 Å². The number of urea groups is 1. The fraction of sp³-hybridized carbons (Fsp3) is 0.241. The Hall–Kier alpha value is -5.07. The van der Waals surface area contributed by atoms with Crippen LogP contribution in [0.1, 0.15) is 30.6 Å². The molecular formula is C29H29F3N8O2. The Kier molecular flexibility index (Phi) is 7.74. The van der Waals surface area contributed by atoms with Crippen LogP contribution >= 0.6 is 0 Å². The molecule has 1 atom stereocenters. The molecule has 2 aliphatic rings. The summed E-state index contributed by atoms with van der Waals surface area (Å²) in [5, 5.41) is 2.92. The molecule has 2 aliphatic heterocycles. The predicted molar refractivity (Wildman–Crippen MR) is 154 cm³/mol. The summed E-state index contributed by atoms with van der Waals surface area (Å²) in [5.41, 5.74) is 12.4. The number of benzene rings is 1. The van der Waals surface area contributed by atoms with E-state index in [-0.39, 0.29) is 18.5 Å². The summed E-state index contributed by atoms with van der Waals surface area (Å²) >= 11 is 0. The SMILES string of the molecule is C=C/C=C(\C=C(/C)c1cnc(CN=C(N)N)o1)NC(=O)N1c2nc(-c3cccc(C(F)(F)F)c3)ccc2N2CC[C@H]1C2. The molecule has 0 aliphatic carbocycles. The van der Waals surface area contributed by atoms with Crippen LogP contribution in [0.2, 0.25) is 0 Å². The van der Waals surface area contributed by atoms with E-state index in [0.717, 1.165) is 24.4 Å². The lowest BCUT2D eigenvalue weighted by Crippen LogP contribution is -2.50. The maximum atomic E-state index is 13.8. The Labute approximate surface area is 239 Å². The highest BCUT2D eigenvalue weighted by atomic mass is 19.4. The van der Waals surface area contributed by atoms with Gasteiger partial charge in [-0.2, -0.15) is 13.2 Å². The number of nitrogens with one attached hydrogen (secondary N) is 1. The summed E-state index contributed by atoms with van der Waals surface area (Å²) in [5.74, 6) is 1.08. The fourth-order valence-electron chi connectivity index (χ4n) is 4.95. The average molecular weight is 579 g/mol. The molecule has 42 heavy (non-hydrogen) atoms. The number of hydrogen-bond donors (Lipinski definition) is 3. The van der Waals surface area contributed by atoms with Crippen molar-refractivity contribution in [1.29, 1.82) is 0 Å². The van der Waals surface area contributed by atoms with Crippen molar-refractivity contribution in [2.24, 2.45) is 16.5 Å². The van der Waals surface area contributed by atoms with Gasteiger partial charge in [-0.15, -0.1) is 0 Å². The number of guanidine groups is 1. The standard InChI is InChI=1S/C29H29F3N8O2/c1-3-5-20(12-17(2)24-14-35-25(42-24)15-36-27(33)34)37-28(41)40-21-10-11-39(16-21)23-9-8-22(38-26(23)40)18-6-4-7-19(13-18)29(30,31)32/h3-9,12-14,21H,1,10-11,15-16H2,2H3,(H,37,41)(H4,33,34,36)/b17-12+,20-5+/t21-/m0/s1. The van der Waals surface area contributed by atoms with E-state index in [1.807, 2.05) is 0 Å². The monoisotopic (exact) mass is 578 g/mol. The normalized spacial score (nSPS) is 16.7. The highest BCUT2D eigenvalue weighted by molar-refractivity contribution is 5.98. The van der Waals surface area contributed by atoms with Gasteiger partial charge >= 0.3 is 12.2 Å². The molecule has 1 fully saturated rings. The molecule has 5 rings (SSSR count). The molecule has 2 aromatic heterocycles. The van der Waals surface area contributed by atoms with Gasteiger partial charge in [0.2, 0.25) is 5.89 Å². The number of nitrogens with two attached hydrogens (primary N) is 2. The van der Waals surface area contributed by atoms with Gasteiger partial charge in [-0.1, -0.05) is 24.8 Å². The highest BCUT2D eigenvalue weighted by Crippen LogP contribution is 2.41. The van der Waals surface area contributed by atoms with Gasteiger partial charge in [0.25, 0.3) is 0 Å². The number of oxazole rings is 1. The number of nitrogens with zero attached hydrogens (tertiary/aromatic N) is 5. The molecule has 0 spiro atoms. The minimum atomic E-state index is -4.49. The lowest BCUT2D eigenvalue weighted by Gasteiger charge is -2.36. The van der Waals surface area contributed by atoms with Crippen molar-refractivity contribution < 1.29 is 22.4 Å². The number of fused-ring (bicyclic) bond motifs is 4. The number of allylic oxidation sites excluding steroid dienone is 4. The Bertz CT molecular complexity index is 1600. The zero-order chi connectivity index (χ0) is 30.0. The third kappa shape index (κ3) is 5.99.